The van der Waals surface area contributed by atoms with E-state index in [1.165, 1.54) is 0 Å². The molecule has 0 bridgehead atoms. The average Bonchev–Trinajstić information content (AvgIpc) is 2.07. The molecule has 1 unspecified atom stereocenters. The second-order valence-electron chi connectivity index (χ2n) is 2.80. The highest BCUT2D eigenvalue weighted by atomic mass is 16.6. The molecule has 2 aliphatic rings. The van der Waals surface area contributed by atoms with E-state index >= 15 is 0 Å². The number of hydrogen-bond acceptors (Lipinski definition) is 3. The molecule has 2 saturated heterocycles. The molecule has 0 aromatic rings. The summed E-state index contributed by atoms with van der Waals surface area (Å²) in [4.78, 5) is 0. The van der Waals surface area contributed by atoms with Crippen molar-refractivity contribution in [1.82, 2.24) is 0 Å². The molecular formula is C6H11NO2. The lowest BCUT2D eigenvalue weighted by molar-refractivity contribution is -0.189. The van der Waals surface area contributed by atoms with Crippen LogP contribution in [0, 0.1) is 0 Å². The van der Waals surface area contributed by atoms with Crippen LogP contribution in [-0.4, -0.2) is 31.5 Å². The molecule has 52 valence electrons. The first-order chi connectivity index (χ1) is 4.33. The van der Waals surface area contributed by atoms with E-state index in [1.54, 1.807) is 0 Å². The molecule has 9 heavy (non-hydrogen) atoms. The lowest BCUT2D eigenvalue weighted by Gasteiger charge is -2.39. The Labute approximate surface area is 54.1 Å². The van der Waals surface area contributed by atoms with Crippen molar-refractivity contribution < 1.29 is 9.47 Å². The van der Waals surface area contributed by atoms with Crippen LogP contribution in [0.2, 0.25) is 0 Å². The first-order valence-corrected chi connectivity index (χ1v) is 3.31. The predicted molar refractivity (Wildman–Crippen MR) is 32.1 cm³/mol. The maximum atomic E-state index is 5.77. The lowest BCUT2D eigenvalue weighted by Crippen LogP contribution is -2.59. The van der Waals surface area contributed by atoms with Gasteiger partial charge in [-0.15, -0.1) is 0 Å². The first-order valence-electron chi connectivity index (χ1n) is 3.31. The van der Waals surface area contributed by atoms with Gasteiger partial charge in [0.25, 0.3) is 0 Å². The minimum Gasteiger partial charge on any atom is -0.375 e. The molecule has 0 aliphatic carbocycles. The Kier molecular flexibility index (Phi) is 1.06. The van der Waals surface area contributed by atoms with Crippen molar-refractivity contribution in [1.29, 1.82) is 0 Å². The van der Waals surface area contributed by atoms with Gasteiger partial charge in [0.1, 0.15) is 5.60 Å². The Morgan fingerprint density at radius 2 is 2.22 bits per heavy atom. The second-order valence-corrected chi connectivity index (χ2v) is 2.80. The average molecular weight is 129 g/mol. The normalized spacial score (nSPS) is 39.0. The monoisotopic (exact) mass is 129 g/mol. The Morgan fingerprint density at radius 3 is 2.44 bits per heavy atom. The van der Waals surface area contributed by atoms with Gasteiger partial charge in [0.05, 0.1) is 13.2 Å². The zero-order valence-corrected chi connectivity index (χ0v) is 5.30. The van der Waals surface area contributed by atoms with Crippen LogP contribution in [0.5, 0.6) is 0 Å². The largest absolute Gasteiger partial charge is 0.375 e. The molecule has 2 N–H and O–H groups in total. The van der Waals surface area contributed by atoms with Gasteiger partial charge >= 0.3 is 0 Å². The van der Waals surface area contributed by atoms with Crippen LogP contribution in [0.25, 0.3) is 0 Å². The summed E-state index contributed by atoms with van der Waals surface area (Å²) < 4.78 is 10.5. The van der Waals surface area contributed by atoms with E-state index in [-0.39, 0.29) is 11.6 Å². The fraction of sp³-hybridized carbons (Fsp3) is 1.00. The molecule has 0 saturated carbocycles. The number of hydrogen-bond donors (Lipinski definition) is 1. The third-order valence-corrected chi connectivity index (χ3v) is 2.19. The third kappa shape index (κ3) is 0.625. The maximum absolute atomic E-state index is 5.77. The van der Waals surface area contributed by atoms with Crippen LogP contribution < -0.4 is 5.73 Å². The standard InChI is InChI=1S/C6H11NO2/c7-5-1-2-9-6(5)3-8-4-6/h5H,1-4,7H2. The molecule has 1 spiro atoms. The molecule has 2 fully saturated rings. The number of nitrogens with two attached hydrogens (primary N) is 1. The SMILES string of the molecule is NC1CCOC12COC2. The van der Waals surface area contributed by atoms with E-state index in [2.05, 4.69) is 0 Å². The van der Waals surface area contributed by atoms with E-state index in [0.29, 0.717) is 13.2 Å². The Balaban J connectivity index is 2.09. The fourth-order valence-corrected chi connectivity index (χ4v) is 1.36. The molecule has 0 amide bonds. The predicted octanol–water partition coefficient (Wildman–Crippen LogP) is -0.497. The van der Waals surface area contributed by atoms with Crippen molar-refractivity contribution >= 4 is 0 Å². The summed E-state index contributed by atoms with van der Waals surface area (Å²) in [6.45, 7) is 2.22. The highest BCUT2D eigenvalue weighted by Crippen LogP contribution is 2.31. The van der Waals surface area contributed by atoms with Gasteiger partial charge < -0.3 is 15.2 Å². The van der Waals surface area contributed by atoms with Gasteiger partial charge in [-0.2, -0.15) is 0 Å². The zero-order valence-electron chi connectivity index (χ0n) is 5.30. The van der Waals surface area contributed by atoms with Crippen LogP contribution in [0.4, 0.5) is 0 Å². The van der Waals surface area contributed by atoms with Gasteiger partial charge in [-0.3, -0.25) is 0 Å². The summed E-state index contributed by atoms with van der Waals surface area (Å²) >= 11 is 0. The van der Waals surface area contributed by atoms with Crippen molar-refractivity contribution in [2.24, 2.45) is 5.73 Å². The molecule has 1 atom stereocenters. The van der Waals surface area contributed by atoms with Gasteiger partial charge in [0.2, 0.25) is 0 Å². The molecule has 2 rings (SSSR count). The van der Waals surface area contributed by atoms with E-state index in [0.717, 1.165) is 13.0 Å². The highest BCUT2D eigenvalue weighted by molar-refractivity contribution is 5.00. The smallest absolute Gasteiger partial charge is 0.130 e. The van der Waals surface area contributed by atoms with Crippen LogP contribution in [0.15, 0.2) is 0 Å². The van der Waals surface area contributed by atoms with Crippen molar-refractivity contribution in [3.63, 3.8) is 0 Å². The molecule has 0 aromatic carbocycles. The minimum atomic E-state index is -0.0694. The second kappa shape index (κ2) is 1.68. The Morgan fingerprint density at radius 1 is 1.44 bits per heavy atom. The van der Waals surface area contributed by atoms with Gasteiger partial charge in [-0.25, -0.2) is 0 Å². The summed E-state index contributed by atoms with van der Waals surface area (Å²) in [5.74, 6) is 0. The van der Waals surface area contributed by atoms with Gasteiger partial charge in [0.15, 0.2) is 0 Å². The van der Waals surface area contributed by atoms with Crippen molar-refractivity contribution in [2.45, 2.75) is 18.1 Å². The summed E-state index contributed by atoms with van der Waals surface area (Å²) in [5, 5.41) is 0. The van der Waals surface area contributed by atoms with E-state index < -0.39 is 0 Å². The molecular weight excluding hydrogens is 118 g/mol. The van der Waals surface area contributed by atoms with Gasteiger partial charge in [-0.1, -0.05) is 0 Å². The Bertz CT molecular complexity index is 122. The molecule has 2 aliphatic heterocycles. The number of rotatable bonds is 0. The Hall–Kier alpha value is -0.120. The lowest BCUT2D eigenvalue weighted by atomic mass is 9.93. The first kappa shape index (κ1) is 5.65. The van der Waals surface area contributed by atoms with E-state index in [1.807, 2.05) is 0 Å². The minimum absolute atomic E-state index is 0.0694. The molecule has 2 heterocycles. The van der Waals surface area contributed by atoms with E-state index in [4.69, 9.17) is 15.2 Å². The summed E-state index contributed by atoms with van der Waals surface area (Å²) in [5.41, 5.74) is 5.70. The van der Waals surface area contributed by atoms with Crippen LogP contribution in [0.3, 0.4) is 0 Å². The number of ether oxygens (including phenoxy) is 2. The molecule has 0 radical (unpaired) electrons. The summed E-state index contributed by atoms with van der Waals surface area (Å²) in [6, 6.07) is 0.214. The fourth-order valence-electron chi connectivity index (χ4n) is 1.36. The third-order valence-electron chi connectivity index (χ3n) is 2.19. The van der Waals surface area contributed by atoms with E-state index in [9.17, 15) is 0 Å². The van der Waals surface area contributed by atoms with Crippen LogP contribution in [-0.2, 0) is 9.47 Å². The highest BCUT2D eigenvalue weighted by Gasteiger charge is 2.48. The molecule has 3 nitrogen and oxygen atoms in total. The van der Waals surface area contributed by atoms with Crippen LogP contribution in [0.1, 0.15) is 6.42 Å². The van der Waals surface area contributed by atoms with Gasteiger partial charge in [0, 0.05) is 12.6 Å². The summed E-state index contributed by atoms with van der Waals surface area (Å²) in [7, 11) is 0. The zero-order chi connectivity index (χ0) is 6.32. The maximum Gasteiger partial charge on any atom is 0.130 e. The van der Waals surface area contributed by atoms with Crippen molar-refractivity contribution in [3.05, 3.63) is 0 Å². The summed E-state index contributed by atoms with van der Waals surface area (Å²) in [6.07, 6.45) is 0.989. The molecule has 3 heteroatoms. The topological polar surface area (TPSA) is 44.5 Å². The quantitative estimate of drug-likeness (QED) is 0.479. The molecule has 0 aromatic heterocycles. The van der Waals surface area contributed by atoms with Crippen LogP contribution >= 0.6 is 0 Å². The van der Waals surface area contributed by atoms with Crippen molar-refractivity contribution in [3.8, 4) is 0 Å². The van der Waals surface area contributed by atoms with Gasteiger partial charge in [-0.05, 0) is 6.42 Å². The van der Waals surface area contributed by atoms with Crippen molar-refractivity contribution in [2.75, 3.05) is 19.8 Å².